The molecule has 4 rings (SSSR count). The summed E-state index contributed by atoms with van der Waals surface area (Å²) in [5, 5.41) is 0.424. The lowest BCUT2D eigenvalue weighted by atomic mass is 9.93. The van der Waals surface area contributed by atoms with E-state index in [1.54, 1.807) is 0 Å². The molecular formula is C18H21N3O3S. The molecule has 2 N–H and O–H groups in total. The number of hydrogen-bond donors (Lipinski definition) is 1. The summed E-state index contributed by atoms with van der Waals surface area (Å²) in [4.78, 5) is 19.9. The van der Waals surface area contributed by atoms with E-state index >= 15 is 0 Å². The number of nitrogen functional groups attached to an aromatic ring is 1. The average Bonchev–Trinajstić information content (AvgIpc) is 2.85. The van der Waals surface area contributed by atoms with Crippen molar-refractivity contribution in [3.63, 3.8) is 0 Å². The minimum Gasteiger partial charge on any atom is -0.485 e. The van der Waals surface area contributed by atoms with E-state index in [1.807, 2.05) is 36.1 Å². The summed E-state index contributed by atoms with van der Waals surface area (Å²) in [6.45, 7) is 4.19. The highest BCUT2D eigenvalue weighted by molar-refractivity contribution is 7.17. The van der Waals surface area contributed by atoms with E-state index in [0.717, 1.165) is 24.2 Å². The Labute approximate surface area is 150 Å². The Balaban J connectivity index is 1.71. The minimum absolute atomic E-state index is 0.0298. The minimum atomic E-state index is -0.398. The lowest BCUT2D eigenvalue weighted by molar-refractivity contribution is -0.0550. The van der Waals surface area contributed by atoms with Crippen LogP contribution in [0, 0.1) is 6.92 Å². The maximum atomic E-state index is 13.2. The van der Waals surface area contributed by atoms with Crippen LogP contribution in [0.1, 0.15) is 33.8 Å². The number of aromatic nitrogens is 1. The highest BCUT2D eigenvalue weighted by Crippen LogP contribution is 2.36. The number of para-hydroxylation sites is 1. The predicted molar refractivity (Wildman–Crippen MR) is 95.9 cm³/mol. The van der Waals surface area contributed by atoms with E-state index in [1.165, 1.54) is 11.3 Å². The third kappa shape index (κ3) is 3.09. The van der Waals surface area contributed by atoms with Gasteiger partial charge >= 0.3 is 0 Å². The Morgan fingerprint density at radius 3 is 2.80 bits per heavy atom. The largest absolute Gasteiger partial charge is 0.485 e. The van der Waals surface area contributed by atoms with Crippen LogP contribution in [0.25, 0.3) is 0 Å². The number of carbonyl (C=O) groups excluding carboxylic acids is 1. The first-order chi connectivity index (χ1) is 12.1. The molecule has 0 atom stereocenters. The summed E-state index contributed by atoms with van der Waals surface area (Å²) in [5.74, 6) is 0.832. The lowest BCUT2D eigenvalue weighted by Crippen LogP contribution is -2.50. The van der Waals surface area contributed by atoms with Crippen molar-refractivity contribution in [2.24, 2.45) is 0 Å². The quantitative estimate of drug-likeness (QED) is 0.847. The van der Waals surface area contributed by atoms with Crippen molar-refractivity contribution in [3.8, 4) is 5.75 Å². The van der Waals surface area contributed by atoms with Crippen LogP contribution in [-0.4, -0.2) is 41.2 Å². The van der Waals surface area contributed by atoms with Gasteiger partial charge in [-0.25, -0.2) is 4.98 Å². The Morgan fingerprint density at radius 2 is 2.08 bits per heavy atom. The predicted octanol–water partition coefficient (Wildman–Crippen LogP) is 2.62. The number of carbonyl (C=O) groups is 1. The van der Waals surface area contributed by atoms with Crippen molar-refractivity contribution in [3.05, 3.63) is 40.4 Å². The van der Waals surface area contributed by atoms with Gasteiger partial charge in [0.1, 0.15) is 16.2 Å². The van der Waals surface area contributed by atoms with Gasteiger partial charge in [-0.3, -0.25) is 4.79 Å². The van der Waals surface area contributed by atoms with Crippen molar-refractivity contribution in [1.82, 2.24) is 9.88 Å². The second kappa shape index (κ2) is 6.31. The zero-order chi connectivity index (χ0) is 17.4. The van der Waals surface area contributed by atoms with Crippen molar-refractivity contribution in [2.45, 2.75) is 31.9 Å². The molecule has 25 heavy (non-hydrogen) atoms. The lowest BCUT2D eigenvalue weighted by Gasteiger charge is -2.38. The molecule has 1 saturated heterocycles. The zero-order valence-corrected chi connectivity index (χ0v) is 15.0. The van der Waals surface area contributed by atoms with Gasteiger partial charge in [0.25, 0.3) is 5.91 Å². The van der Waals surface area contributed by atoms with Gasteiger partial charge in [-0.2, -0.15) is 0 Å². The Bertz CT molecular complexity index is 799. The molecule has 0 bridgehead atoms. The third-order valence-corrected chi connectivity index (χ3v) is 5.81. The second-order valence-electron chi connectivity index (χ2n) is 6.63. The molecule has 0 saturated carbocycles. The molecule has 1 aromatic heterocycles. The van der Waals surface area contributed by atoms with Crippen molar-refractivity contribution in [2.75, 3.05) is 25.5 Å². The molecule has 0 radical (unpaired) electrons. The molecule has 2 aromatic rings. The van der Waals surface area contributed by atoms with E-state index in [-0.39, 0.29) is 5.91 Å². The molecule has 1 fully saturated rings. The summed E-state index contributed by atoms with van der Waals surface area (Å²) in [6, 6.07) is 7.94. The smallest absolute Gasteiger partial charge is 0.266 e. The first kappa shape index (κ1) is 16.4. The van der Waals surface area contributed by atoms with Crippen LogP contribution in [-0.2, 0) is 11.3 Å². The van der Waals surface area contributed by atoms with Gasteiger partial charge in [-0.15, -0.1) is 0 Å². The maximum Gasteiger partial charge on any atom is 0.266 e. The van der Waals surface area contributed by atoms with E-state index in [2.05, 4.69) is 4.98 Å². The van der Waals surface area contributed by atoms with Crippen molar-refractivity contribution in [1.29, 1.82) is 0 Å². The summed E-state index contributed by atoms with van der Waals surface area (Å²) in [5.41, 5.74) is 7.10. The molecule has 2 aliphatic heterocycles. The number of ether oxygens (including phenoxy) is 2. The molecule has 132 valence electrons. The van der Waals surface area contributed by atoms with Gasteiger partial charge in [0, 0.05) is 24.9 Å². The van der Waals surface area contributed by atoms with Crippen LogP contribution in [0.15, 0.2) is 24.3 Å². The molecule has 1 aromatic carbocycles. The highest BCUT2D eigenvalue weighted by Gasteiger charge is 2.41. The molecule has 0 unspecified atom stereocenters. The number of nitrogens with two attached hydrogens (primary N) is 1. The fourth-order valence-electron chi connectivity index (χ4n) is 3.52. The highest BCUT2D eigenvalue weighted by atomic mass is 32.1. The second-order valence-corrected chi connectivity index (χ2v) is 7.66. The van der Waals surface area contributed by atoms with Gasteiger partial charge in [-0.05, 0) is 13.0 Å². The molecule has 3 heterocycles. The van der Waals surface area contributed by atoms with Crippen molar-refractivity contribution >= 4 is 22.4 Å². The van der Waals surface area contributed by atoms with Gasteiger partial charge in [0.15, 0.2) is 5.13 Å². The van der Waals surface area contributed by atoms with Crippen LogP contribution < -0.4 is 10.5 Å². The Hall–Kier alpha value is -2.12. The van der Waals surface area contributed by atoms with Gasteiger partial charge in [0.2, 0.25) is 0 Å². The summed E-state index contributed by atoms with van der Waals surface area (Å²) in [6.07, 6.45) is 1.55. The molecule has 7 heteroatoms. The van der Waals surface area contributed by atoms with Crippen LogP contribution in [0.5, 0.6) is 5.75 Å². The van der Waals surface area contributed by atoms with Gasteiger partial charge in [-0.1, -0.05) is 29.5 Å². The Morgan fingerprint density at radius 1 is 1.32 bits per heavy atom. The zero-order valence-electron chi connectivity index (χ0n) is 14.2. The monoisotopic (exact) mass is 359 g/mol. The number of aryl methyl sites for hydroxylation is 1. The summed E-state index contributed by atoms with van der Waals surface area (Å²) in [7, 11) is 0. The fourth-order valence-corrected chi connectivity index (χ4v) is 4.32. The standard InChI is InChI=1S/C18H21N3O3S/c1-12-15(25-17(19)20-12)16(22)21-10-13-4-2-3-5-14(13)24-18(11-21)6-8-23-9-7-18/h2-5H,6-11H2,1H3,(H2,19,20). The van der Waals surface area contributed by atoms with E-state index in [0.29, 0.717) is 42.0 Å². The first-order valence-corrected chi connectivity index (χ1v) is 9.25. The van der Waals surface area contributed by atoms with E-state index in [9.17, 15) is 4.79 Å². The number of fused-ring (bicyclic) bond motifs is 1. The third-order valence-electron chi connectivity index (χ3n) is 4.84. The van der Waals surface area contributed by atoms with Crippen LogP contribution in [0.2, 0.25) is 0 Å². The van der Waals surface area contributed by atoms with Crippen LogP contribution >= 0.6 is 11.3 Å². The average molecular weight is 359 g/mol. The normalized spacial score (nSPS) is 19.2. The number of anilines is 1. The molecular weight excluding hydrogens is 338 g/mol. The molecule has 0 aliphatic carbocycles. The van der Waals surface area contributed by atoms with Crippen LogP contribution in [0.4, 0.5) is 5.13 Å². The van der Waals surface area contributed by atoms with E-state index in [4.69, 9.17) is 15.2 Å². The fraction of sp³-hybridized carbons (Fsp3) is 0.444. The van der Waals surface area contributed by atoms with Crippen LogP contribution in [0.3, 0.4) is 0 Å². The number of benzene rings is 1. The first-order valence-electron chi connectivity index (χ1n) is 8.43. The number of rotatable bonds is 1. The number of amides is 1. The summed E-state index contributed by atoms with van der Waals surface area (Å²) >= 11 is 1.25. The number of thiazole rings is 1. The topological polar surface area (TPSA) is 77.7 Å². The maximum absolute atomic E-state index is 13.2. The van der Waals surface area contributed by atoms with E-state index < -0.39 is 5.60 Å². The SMILES string of the molecule is Cc1nc(N)sc1C(=O)N1Cc2ccccc2OC2(CCOCC2)C1. The summed E-state index contributed by atoms with van der Waals surface area (Å²) < 4.78 is 11.9. The molecule has 2 aliphatic rings. The molecule has 6 nitrogen and oxygen atoms in total. The molecule has 1 amide bonds. The number of nitrogens with zero attached hydrogens (tertiary/aromatic N) is 2. The number of hydrogen-bond acceptors (Lipinski definition) is 6. The van der Waals surface area contributed by atoms with Crippen molar-refractivity contribution < 1.29 is 14.3 Å². The Kier molecular flexibility index (Phi) is 4.13. The van der Waals surface area contributed by atoms with Gasteiger partial charge < -0.3 is 20.1 Å². The molecule has 1 spiro atoms. The van der Waals surface area contributed by atoms with Gasteiger partial charge in [0.05, 0.1) is 25.5 Å².